The van der Waals surface area contributed by atoms with Crippen LogP contribution < -0.4 is 9.80 Å². The number of allylic oxidation sites excluding steroid dienone is 4. The van der Waals surface area contributed by atoms with Crippen molar-refractivity contribution in [2.24, 2.45) is 0 Å². The molecule has 4 heteroatoms. The van der Waals surface area contributed by atoms with Gasteiger partial charge >= 0.3 is 0 Å². The Morgan fingerprint density at radius 3 is 1.33 bits per heavy atom. The molecule has 0 spiro atoms. The van der Waals surface area contributed by atoms with Crippen LogP contribution in [0.1, 0.15) is 38.8 Å². The molecule has 30 heavy (non-hydrogen) atoms. The minimum absolute atomic E-state index is 0.339. The number of fused-ring (bicyclic) bond motifs is 2. The van der Waals surface area contributed by atoms with Gasteiger partial charge in [0.25, 0.3) is 0 Å². The molecule has 2 aliphatic heterocycles. The molecule has 2 aliphatic rings. The topological polar surface area (TPSA) is 40.6 Å². The quantitative estimate of drug-likeness (QED) is 0.551. The SMILES string of the molecule is CN1C(=CC(=O)C(=O)C=C2N(C)c3ccccc3C2(C)C)C(C)(C)c2ccccc21. The van der Waals surface area contributed by atoms with E-state index in [0.29, 0.717) is 0 Å². The second-order valence-electron chi connectivity index (χ2n) is 9.19. The molecule has 0 aliphatic carbocycles. The maximum atomic E-state index is 12.9. The van der Waals surface area contributed by atoms with Gasteiger partial charge < -0.3 is 9.80 Å². The van der Waals surface area contributed by atoms with Crippen LogP contribution in [0.15, 0.2) is 72.1 Å². The highest BCUT2D eigenvalue weighted by Crippen LogP contribution is 2.47. The lowest BCUT2D eigenvalue weighted by Gasteiger charge is -2.24. The number of likely N-dealkylation sites (N-methyl/N-ethyl adjacent to an activating group) is 2. The molecule has 2 aromatic carbocycles. The summed E-state index contributed by atoms with van der Waals surface area (Å²) >= 11 is 0. The molecule has 0 saturated heterocycles. The van der Waals surface area contributed by atoms with Crippen LogP contribution in [0.2, 0.25) is 0 Å². The molecule has 0 fully saturated rings. The van der Waals surface area contributed by atoms with E-state index in [2.05, 4.69) is 39.8 Å². The predicted octanol–water partition coefficient (Wildman–Crippen LogP) is 4.75. The zero-order valence-corrected chi connectivity index (χ0v) is 18.5. The molecule has 2 aromatic rings. The van der Waals surface area contributed by atoms with Gasteiger partial charge in [0.1, 0.15) is 0 Å². The van der Waals surface area contributed by atoms with Crippen molar-refractivity contribution in [3.63, 3.8) is 0 Å². The Bertz CT molecular complexity index is 1030. The highest BCUT2D eigenvalue weighted by molar-refractivity contribution is 6.46. The Kier molecular flexibility index (Phi) is 4.50. The van der Waals surface area contributed by atoms with Crippen LogP contribution >= 0.6 is 0 Å². The first-order chi connectivity index (χ1) is 14.1. The van der Waals surface area contributed by atoms with Crippen molar-refractivity contribution in [2.45, 2.75) is 38.5 Å². The molecule has 0 bridgehead atoms. The largest absolute Gasteiger partial charge is 0.347 e. The number of hydrogen-bond donors (Lipinski definition) is 0. The molecule has 0 unspecified atom stereocenters. The molecule has 0 saturated carbocycles. The maximum absolute atomic E-state index is 12.9. The first-order valence-electron chi connectivity index (χ1n) is 10.3. The number of para-hydroxylation sites is 2. The number of hydrogen-bond acceptors (Lipinski definition) is 4. The summed E-state index contributed by atoms with van der Waals surface area (Å²) in [7, 11) is 3.89. The zero-order chi connectivity index (χ0) is 21.8. The van der Waals surface area contributed by atoms with Crippen LogP contribution in [-0.2, 0) is 20.4 Å². The van der Waals surface area contributed by atoms with Gasteiger partial charge in [-0.2, -0.15) is 0 Å². The number of carbonyl (C=O) groups is 2. The highest BCUT2D eigenvalue weighted by atomic mass is 16.2. The molecular formula is C26H28N2O2. The maximum Gasteiger partial charge on any atom is 0.227 e. The fourth-order valence-electron chi connectivity index (χ4n) is 4.91. The number of ketones is 2. The Hall–Kier alpha value is -3.14. The van der Waals surface area contributed by atoms with Crippen molar-refractivity contribution >= 4 is 22.9 Å². The van der Waals surface area contributed by atoms with Crippen molar-refractivity contribution in [1.29, 1.82) is 0 Å². The van der Waals surface area contributed by atoms with Crippen molar-refractivity contribution < 1.29 is 9.59 Å². The number of nitrogens with zero attached hydrogens (tertiary/aromatic N) is 2. The molecule has 4 rings (SSSR count). The van der Waals surface area contributed by atoms with Crippen LogP contribution in [0.4, 0.5) is 11.4 Å². The molecule has 0 radical (unpaired) electrons. The lowest BCUT2D eigenvalue weighted by Crippen LogP contribution is -2.27. The summed E-state index contributed by atoms with van der Waals surface area (Å²) in [6, 6.07) is 16.2. The summed E-state index contributed by atoms with van der Waals surface area (Å²) in [4.78, 5) is 29.9. The van der Waals surface area contributed by atoms with Gasteiger partial charge in [0.05, 0.1) is 0 Å². The summed E-state index contributed by atoms with van der Waals surface area (Å²) in [6.45, 7) is 8.34. The third kappa shape index (κ3) is 2.82. The number of anilines is 2. The summed E-state index contributed by atoms with van der Waals surface area (Å²) in [5, 5.41) is 0. The van der Waals surface area contributed by atoms with E-state index < -0.39 is 11.6 Å². The molecule has 2 heterocycles. The highest BCUT2D eigenvalue weighted by Gasteiger charge is 2.40. The van der Waals surface area contributed by atoms with Crippen molar-refractivity contribution in [3.8, 4) is 0 Å². The minimum Gasteiger partial charge on any atom is -0.347 e. The second-order valence-corrected chi connectivity index (χ2v) is 9.19. The molecule has 0 aromatic heterocycles. The van der Waals surface area contributed by atoms with Gasteiger partial charge in [-0.15, -0.1) is 0 Å². The van der Waals surface area contributed by atoms with Gasteiger partial charge in [-0.05, 0) is 23.3 Å². The van der Waals surface area contributed by atoms with Crippen molar-refractivity contribution in [2.75, 3.05) is 23.9 Å². The first-order valence-corrected chi connectivity index (χ1v) is 10.3. The summed E-state index contributed by atoms with van der Waals surface area (Å²) in [5.41, 5.74) is 5.45. The van der Waals surface area contributed by atoms with Gasteiger partial charge in [-0.1, -0.05) is 64.1 Å². The minimum atomic E-state index is -0.495. The first kappa shape index (κ1) is 20.1. The van der Waals surface area contributed by atoms with Gasteiger partial charge in [0.2, 0.25) is 11.6 Å². The average Bonchev–Trinajstić information content (AvgIpc) is 3.03. The van der Waals surface area contributed by atoms with Crippen LogP contribution in [-0.4, -0.2) is 25.7 Å². The lowest BCUT2D eigenvalue weighted by atomic mass is 9.82. The van der Waals surface area contributed by atoms with E-state index in [1.54, 1.807) is 0 Å². The number of carbonyl (C=O) groups excluding carboxylic acids is 2. The lowest BCUT2D eigenvalue weighted by molar-refractivity contribution is -0.131. The van der Waals surface area contributed by atoms with E-state index in [4.69, 9.17) is 0 Å². The Balaban J connectivity index is 1.67. The molecule has 154 valence electrons. The van der Waals surface area contributed by atoms with E-state index >= 15 is 0 Å². The Morgan fingerprint density at radius 1 is 0.667 bits per heavy atom. The van der Waals surface area contributed by atoms with Crippen LogP contribution in [0.5, 0.6) is 0 Å². The fraction of sp³-hybridized carbons (Fsp3) is 0.308. The number of benzene rings is 2. The smallest absolute Gasteiger partial charge is 0.227 e. The van der Waals surface area contributed by atoms with Crippen molar-refractivity contribution in [1.82, 2.24) is 0 Å². The Morgan fingerprint density at radius 2 is 1.00 bits per heavy atom. The average molecular weight is 401 g/mol. The van der Waals surface area contributed by atoms with E-state index in [1.165, 1.54) is 12.2 Å². The molecular weight excluding hydrogens is 372 g/mol. The molecule has 0 atom stereocenters. The van der Waals surface area contributed by atoms with E-state index in [9.17, 15) is 9.59 Å². The van der Waals surface area contributed by atoms with E-state index in [0.717, 1.165) is 33.9 Å². The summed E-state index contributed by atoms with van der Waals surface area (Å²) in [6.07, 6.45) is 3.02. The monoisotopic (exact) mass is 400 g/mol. The Labute approximate surface area is 178 Å². The number of rotatable bonds is 3. The van der Waals surface area contributed by atoms with Gasteiger partial charge in [0, 0.05) is 59.8 Å². The van der Waals surface area contributed by atoms with Crippen molar-refractivity contribution in [3.05, 3.63) is 83.2 Å². The normalized spacial score (nSPS) is 21.1. The van der Waals surface area contributed by atoms with Gasteiger partial charge in [-0.3, -0.25) is 9.59 Å². The summed E-state index contributed by atoms with van der Waals surface area (Å²) < 4.78 is 0. The van der Waals surface area contributed by atoms with E-state index in [1.807, 2.05) is 60.3 Å². The van der Waals surface area contributed by atoms with E-state index in [-0.39, 0.29) is 10.8 Å². The second kappa shape index (κ2) is 6.69. The third-order valence-electron chi connectivity index (χ3n) is 6.66. The molecule has 0 amide bonds. The van der Waals surface area contributed by atoms with Gasteiger partial charge in [-0.25, -0.2) is 0 Å². The third-order valence-corrected chi connectivity index (χ3v) is 6.66. The molecule has 4 nitrogen and oxygen atoms in total. The standard InChI is InChI=1S/C26H28N2O2/c1-25(2)17-11-7-9-13-19(17)27(5)23(25)15-21(29)22(30)16-24-26(3,4)18-12-8-10-14-20(18)28(24)6/h7-16H,1-6H3. The van der Waals surface area contributed by atoms with Crippen LogP contribution in [0.3, 0.4) is 0 Å². The molecule has 0 N–H and O–H groups in total. The fourth-order valence-corrected chi connectivity index (χ4v) is 4.91. The summed E-state index contributed by atoms with van der Waals surface area (Å²) in [5.74, 6) is -0.990. The van der Waals surface area contributed by atoms with Crippen LogP contribution in [0, 0.1) is 0 Å². The predicted molar refractivity (Wildman–Crippen MR) is 122 cm³/mol. The van der Waals surface area contributed by atoms with Crippen LogP contribution in [0.25, 0.3) is 0 Å². The van der Waals surface area contributed by atoms with Gasteiger partial charge in [0.15, 0.2) is 0 Å². The zero-order valence-electron chi connectivity index (χ0n) is 18.5.